The van der Waals surface area contributed by atoms with Gasteiger partial charge >= 0.3 is 5.97 Å². The van der Waals surface area contributed by atoms with Crippen molar-refractivity contribution in [3.63, 3.8) is 0 Å². The van der Waals surface area contributed by atoms with E-state index >= 15 is 0 Å². The SMILES string of the molecule is C=CC[Si](C)(C)CN1CCC[C@H]1C(=O)OC. The van der Waals surface area contributed by atoms with Crippen molar-refractivity contribution in [2.45, 2.75) is 38.0 Å². The van der Waals surface area contributed by atoms with Gasteiger partial charge in [0, 0.05) is 0 Å². The highest BCUT2D eigenvalue weighted by molar-refractivity contribution is 6.78. The molecule has 4 heteroatoms. The largest absolute Gasteiger partial charge is 0.468 e. The first-order chi connectivity index (χ1) is 7.50. The van der Waals surface area contributed by atoms with E-state index in [-0.39, 0.29) is 12.0 Å². The molecule has 1 rings (SSSR count). The quantitative estimate of drug-likeness (QED) is 0.419. The van der Waals surface area contributed by atoms with Gasteiger partial charge in [-0.2, -0.15) is 0 Å². The van der Waals surface area contributed by atoms with Crippen LogP contribution in [-0.4, -0.2) is 44.8 Å². The number of rotatable bonds is 5. The smallest absolute Gasteiger partial charge is 0.323 e. The first-order valence-corrected chi connectivity index (χ1v) is 9.34. The van der Waals surface area contributed by atoms with E-state index in [1.807, 2.05) is 6.08 Å². The van der Waals surface area contributed by atoms with Gasteiger partial charge in [-0.05, 0) is 31.6 Å². The molecule has 0 saturated carbocycles. The standard InChI is InChI=1S/C12H23NO2Si/c1-5-9-16(3,4)10-13-8-6-7-11(13)12(14)15-2/h5,11H,1,6-10H2,2-4H3/t11-/m0/s1. The molecule has 16 heavy (non-hydrogen) atoms. The molecule has 0 N–H and O–H groups in total. The van der Waals surface area contributed by atoms with Crippen LogP contribution in [0.2, 0.25) is 19.1 Å². The number of esters is 1. The molecule has 0 bridgehead atoms. The lowest BCUT2D eigenvalue weighted by Gasteiger charge is -2.30. The van der Waals surface area contributed by atoms with Gasteiger partial charge in [-0.25, -0.2) is 0 Å². The van der Waals surface area contributed by atoms with Gasteiger partial charge in [0.05, 0.1) is 15.2 Å². The summed E-state index contributed by atoms with van der Waals surface area (Å²) in [5, 5.41) is 0. The summed E-state index contributed by atoms with van der Waals surface area (Å²) in [6, 6.07) is 1.11. The molecule has 1 heterocycles. The predicted octanol–water partition coefficient (Wildman–Crippen LogP) is 2.06. The lowest BCUT2D eigenvalue weighted by atomic mass is 10.2. The minimum absolute atomic E-state index is 0.00147. The van der Waals surface area contributed by atoms with Crippen LogP contribution in [-0.2, 0) is 9.53 Å². The topological polar surface area (TPSA) is 29.5 Å². The zero-order valence-corrected chi connectivity index (χ0v) is 11.7. The highest BCUT2D eigenvalue weighted by Gasteiger charge is 2.35. The van der Waals surface area contributed by atoms with Crippen LogP contribution in [0.25, 0.3) is 0 Å². The van der Waals surface area contributed by atoms with Crippen LogP contribution < -0.4 is 0 Å². The number of ether oxygens (including phenoxy) is 1. The maximum Gasteiger partial charge on any atom is 0.323 e. The fourth-order valence-corrected chi connectivity index (χ4v) is 4.81. The second-order valence-electron chi connectivity index (χ2n) is 5.31. The van der Waals surface area contributed by atoms with Gasteiger partial charge in [0.25, 0.3) is 0 Å². The average molecular weight is 241 g/mol. The Morgan fingerprint density at radius 1 is 1.62 bits per heavy atom. The summed E-state index contributed by atoms with van der Waals surface area (Å²) in [6.45, 7) is 9.55. The maximum atomic E-state index is 11.6. The van der Waals surface area contributed by atoms with Crippen molar-refractivity contribution in [3.8, 4) is 0 Å². The highest BCUT2D eigenvalue weighted by Crippen LogP contribution is 2.22. The summed E-state index contributed by atoms with van der Waals surface area (Å²) >= 11 is 0. The number of carbonyl (C=O) groups excluding carboxylic acids is 1. The molecule has 1 saturated heterocycles. The van der Waals surface area contributed by atoms with Gasteiger partial charge in [0.15, 0.2) is 0 Å². The Morgan fingerprint density at radius 2 is 2.31 bits per heavy atom. The molecule has 92 valence electrons. The third-order valence-corrected chi connectivity index (χ3v) is 5.82. The van der Waals surface area contributed by atoms with Crippen molar-refractivity contribution < 1.29 is 9.53 Å². The van der Waals surface area contributed by atoms with Crippen LogP contribution in [0, 0.1) is 0 Å². The van der Waals surface area contributed by atoms with E-state index in [9.17, 15) is 4.79 Å². The van der Waals surface area contributed by atoms with Gasteiger partial charge in [-0.3, -0.25) is 9.69 Å². The molecule has 1 aliphatic heterocycles. The molecule has 3 nitrogen and oxygen atoms in total. The molecule has 0 unspecified atom stereocenters. The van der Waals surface area contributed by atoms with Crippen LogP contribution in [0.3, 0.4) is 0 Å². The van der Waals surface area contributed by atoms with Crippen molar-refractivity contribution >= 4 is 14.0 Å². The Hall–Kier alpha value is -0.613. The molecule has 0 aromatic carbocycles. The lowest BCUT2D eigenvalue weighted by Crippen LogP contribution is -2.47. The molecule has 0 amide bonds. The maximum absolute atomic E-state index is 11.6. The summed E-state index contributed by atoms with van der Waals surface area (Å²) in [4.78, 5) is 13.9. The molecule has 0 radical (unpaired) electrons. The van der Waals surface area contributed by atoms with Gasteiger partial charge in [0.2, 0.25) is 0 Å². The number of methoxy groups -OCH3 is 1. The minimum Gasteiger partial charge on any atom is -0.468 e. The number of hydrogen-bond acceptors (Lipinski definition) is 3. The van der Waals surface area contributed by atoms with Crippen molar-refractivity contribution in [1.82, 2.24) is 4.90 Å². The van der Waals surface area contributed by atoms with Crippen molar-refractivity contribution in [2.75, 3.05) is 19.8 Å². The van der Waals surface area contributed by atoms with Crippen LogP contribution in [0.4, 0.5) is 0 Å². The van der Waals surface area contributed by atoms with Gasteiger partial charge in [-0.15, -0.1) is 6.58 Å². The van der Waals surface area contributed by atoms with Crippen LogP contribution in [0.5, 0.6) is 0 Å². The highest BCUT2D eigenvalue weighted by atomic mass is 28.3. The van der Waals surface area contributed by atoms with Gasteiger partial charge in [-0.1, -0.05) is 19.2 Å². The average Bonchev–Trinajstić information content (AvgIpc) is 2.63. The molecule has 0 aromatic heterocycles. The molecular formula is C12H23NO2Si. The van der Waals surface area contributed by atoms with Crippen molar-refractivity contribution in [1.29, 1.82) is 0 Å². The summed E-state index contributed by atoms with van der Waals surface area (Å²) in [7, 11) is 0.209. The van der Waals surface area contributed by atoms with E-state index < -0.39 is 8.07 Å². The molecule has 0 aromatic rings. The van der Waals surface area contributed by atoms with E-state index in [1.54, 1.807) is 0 Å². The summed E-state index contributed by atoms with van der Waals surface area (Å²) < 4.78 is 4.85. The minimum atomic E-state index is -1.27. The molecule has 1 atom stereocenters. The molecular weight excluding hydrogens is 218 g/mol. The first-order valence-electron chi connectivity index (χ1n) is 5.93. The summed E-state index contributed by atoms with van der Waals surface area (Å²) in [5.41, 5.74) is 0. The normalized spacial score (nSPS) is 22.1. The fourth-order valence-electron chi connectivity index (χ4n) is 2.42. The van der Waals surface area contributed by atoms with Crippen molar-refractivity contribution in [2.24, 2.45) is 0 Å². The van der Waals surface area contributed by atoms with E-state index in [0.29, 0.717) is 0 Å². The molecule has 1 aliphatic rings. The molecule has 0 spiro atoms. The second kappa shape index (κ2) is 5.64. The Kier molecular flexibility index (Phi) is 4.74. The third kappa shape index (κ3) is 3.45. The van der Waals surface area contributed by atoms with E-state index in [1.165, 1.54) is 7.11 Å². The zero-order valence-electron chi connectivity index (χ0n) is 10.7. The number of carbonyl (C=O) groups is 1. The third-order valence-electron chi connectivity index (χ3n) is 3.16. The van der Waals surface area contributed by atoms with E-state index in [0.717, 1.165) is 31.6 Å². The van der Waals surface area contributed by atoms with Crippen LogP contribution in [0.1, 0.15) is 12.8 Å². The Bertz CT molecular complexity index is 266. The fraction of sp³-hybridized carbons (Fsp3) is 0.750. The van der Waals surface area contributed by atoms with E-state index in [4.69, 9.17) is 4.74 Å². The van der Waals surface area contributed by atoms with Crippen molar-refractivity contribution in [3.05, 3.63) is 12.7 Å². The summed E-state index contributed by atoms with van der Waals surface area (Å²) in [5.74, 6) is -0.0686. The number of hydrogen-bond donors (Lipinski definition) is 0. The second-order valence-corrected chi connectivity index (χ2v) is 10.4. The molecule has 0 aliphatic carbocycles. The Balaban J connectivity index is 2.58. The number of allylic oxidation sites excluding steroid dienone is 1. The first kappa shape index (κ1) is 13.5. The van der Waals surface area contributed by atoms with Crippen LogP contribution in [0.15, 0.2) is 12.7 Å². The predicted molar refractivity (Wildman–Crippen MR) is 69.1 cm³/mol. The Morgan fingerprint density at radius 3 is 2.88 bits per heavy atom. The number of nitrogens with zero attached hydrogens (tertiary/aromatic N) is 1. The van der Waals surface area contributed by atoms with Gasteiger partial charge in [0.1, 0.15) is 6.04 Å². The molecule has 1 fully saturated rings. The zero-order chi connectivity index (χ0) is 12.2. The Labute approximate surface area is 99.5 Å². The monoisotopic (exact) mass is 241 g/mol. The van der Waals surface area contributed by atoms with Crippen LogP contribution >= 0.6 is 0 Å². The number of likely N-dealkylation sites (tertiary alicyclic amines) is 1. The summed E-state index contributed by atoms with van der Waals surface area (Å²) in [6.07, 6.45) is 5.14. The lowest BCUT2D eigenvalue weighted by molar-refractivity contribution is -0.145. The van der Waals surface area contributed by atoms with Gasteiger partial charge < -0.3 is 4.74 Å². The van der Waals surface area contributed by atoms with E-state index in [2.05, 4.69) is 24.6 Å².